The molecule has 2 aromatic carbocycles. The molecule has 2 aliphatic rings. The van der Waals surface area contributed by atoms with E-state index in [0.717, 1.165) is 0 Å². The van der Waals surface area contributed by atoms with Crippen molar-refractivity contribution in [3.63, 3.8) is 0 Å². The number of carbonyl (C=O) groups is 4. The van der Waals surface area contributed by atoms with Crippen molar-refractivity contribution in [2.75, 3.05) is 19.3 Å². The van der Waals surface area contributed by atoms with Gasteiger partial charge < -0.3 is 26.0 Å². The highest BCUT2D eigenvalue weighted by molar-refractivity contribution is 7.99. The lowest BCUT2D eigenvalue weighted by atomic mass is 10.0. The number of nitrogens with zero attached hydrogens (tertiary/aromatic N) is 1. The first kappa shape index (κ1) is 31.1. The summed E-state index contributed by atoms with van der Waals surface area (Å²) in [4.78, 5) is 52.7. The number of benzene rings is 2. The molecule has 1 aromatic heterocycles. The Hall–Kier alpha value is -4.30. The molecule has 3 atom stereocenters. The van der Waals surface area contributed by atoms with Gasteiger partial charge in [0.05, 0.1) is 12.6 Å². The van der Waals surface area contributed by atoms with E-state index in [1.807, 2.05) is 6.26 Å². The zero-order chi connectivity index (χ0) is 31.8. The van der Waals surface area contributed by atoms with Crippen molar-refractivity contribution in [1.82, 2.24) is 15.5 Å². The third kappa shape index (κ3) is 6.04. The van der Waals surface area contributed by atoms with Crippen LogP contribution in [0.5, 0.6) is 0 Å². The van der Waals surface area contributed by atoms with Gasteiger partial charge >= 0.3 is 6.09 Å². The van der Waals surface area contributed by atoms with Crippen LogP contribution in [-0.4, -0.2) is 65.2 Å². The Balaban J connectivity index is 1.23. The van der Waals surface area contributed by atoms with Gasteiger partial charge in [-0.3, -0.25) is 19.8 Å². The number of nitrogens with one attached hydrogen (secondary N) is 3. The quantitative estimate of drug-likeness (QED) is 0.213. The molecule has 44 heavy (non-hydrogen) atoms. The normalized spacial score (nSPS) is 18.6. The average molecular weight is 642 g/mol. The Morgan fingerprint density at radius 1 is 1.14 bits per heavy atom. The molecule has 5 rings (SSSR count). The van der Waals surface area contributed by atoms with Crippen LogP contribution >= 0.6 is 23.1 Å². The van der Waals surface area contributed by atoms with Gasteiger partial charge in [0.1, 0.15) is 6.04 Å². The second-order valence-corrected chi connectivity index (χ2v) is 12.5. The fourth-order valence-corrected chi connectivity index (χ4v) is 6.99. The lowest BCUT2D eigenvalue weighted by Crippen LogP contribution is -2.49. The van der Waals surface area contributed by atoms with Crippen LogP contribution in [0.1, 0.15) is 51.3 Å². The van der Waals surface area contributed by atoms with E-state index in [2.05, 4.69) is 15.4 Å². The van der Waals surface area contributed by atoms with Crippen LogP contribution in [0.15, 0.2) is 53.9 Å². The number of amides is 4. The highest BCUT2D eigenvalue weighted by atomic mass is 32.2. The third-order valence-corrected chi connectivity index (χ3v) is 9.79. The van der Waals surface area contributed by atoms with Crippen molar-refractivity contribution in [3.05, 3.63) is 81.0 Å². The zero-order valence-corrected chi connectivity index (χ0v) is 25.3. The first-order chi connectivity index (χ1) is 20.9. The molecule has 230 valence electrons. The first-order valence-electron chi connectivity index (χ1n) is 13.6. The maximum absolute atomic E-state index is 14.9. The predicted octanol–water partition coefficient (Wildman–Crippen LogP) is 4.23. The van der Waals surface area contributed by atoms with E-state index in [0.29, 0.717) is 29.0 Å². The fourth-order valence-electron chi connectivity index (χ4n) is 5.41. The Bertz CT molecular complexity index is 1660. The van der Waals surface area contributed by atoms with E-state index < -0.39 is 41.8 Å². The van der Waals surface area contributed by atoms with E-state index in [9.17, 15) is 28.0 Å². The summed E-state index contributed by atoms with van der Waals surface area (Å²) in [6, 6.07) is 10.5. The van der Waals surface area contributed by atoms with Crippen molar-refractivity contribution in [2.24, 2.45) is 5.73 Å². The largest absolute Gasteiger partial charge is 0.411 e. The Morgan fingerprint density at radius 3 is 2.59 bits per heavy atom. The first-order valence-corrected chi connectivity index (χ1v) is 15.7. The molecule has 1 aliphatic heterocycles. The number of ether oxygens (including phenoxy) is 1. The lowest BCUT2D eigenvalue weighted by molar-refractivity contribution is -0.137. The number of carbonyl (C=O) groups excluding carboxylic acids is 4. The van der Waals surface area contributed by atoms with Crippen molar-refractivity contribution in [1.29, 1.82) is 5.41 Å². The topological polar surface area (TPSA) is 155 Å². The van der Waals surface area contributed by atoms with Gasteiger partial charge in [-0.2, -0.15) is 20.5 Å². The summed E-state index contributed by atoms with van der Waals surface area (Å²) in [5.41, 5.74) is 5.78. The maximum atomic E-state index is 14.9. The molecular formula is C30H29F2N5O5S2. The van der Waals surface area contributed by atoms with Crippen LogP contribution in [0.3, 0.4) is 0 Å². The predicted molar refractivity (Wildman–Crippen MR) is 163 cm³/mol. The van der Waals surface area contributed by atoms with Crippen LogP contribution in [0.25, 0.3) is 11.1 Å². The summed E-state index contributed by atoms with van der Waals surface area (Å²) < 4.78 is 34.4. The highest BCUT2D eigenvalue weighted by Gasteiger charge is 2.44. The van der Waals surface area contributed by atoms with Gasteiger partial charge in [-0.15, -0.1) is 11.3 Å². The molecule has 10 nitrogen and oxygen atoms in total. The monoisotopic (exact) mass is 641 g/mol. The number of fused-ring (bicyclic) bond motifs is 3. The zero-order valence-electron chi connectivity index (χ0n) is 23.7. The van der Waals surface area contributed by atoms with Crippen LogP contribution in [0, 0.1) is 5.41 Å². The molecule has 0 saturated carbocycles. The minimum Gasteiger partial charge on any atom is -0.391 e. The summed E-state index contributed by atoms with van der Waals surface area (Å²) in [6.07, 6.45) is 1.21. The minimum absolute atomic E-state index is 0.0129. The summed E-state index contributed by atoms with van der Waals surface area (Å²) in [5.74, 6) is -4.98. The van der Waals surface area contributed by atoms with Crippen molar-refractivity contribution >= 4 is 52.8 Å². The van der Waals surface area contributed by atoms with Gasteiger partial charge in [-0.05, 0) is 48.9 Å². The number of thioether (sulfide) groups is 1. The van der Waals surface area contributed by atoms with Gasteiger partial charge in [0.25, 0.3) is 11.8 Å². The molecule has 1 saturated heterocycles. The van der Waals surface area contributed by atoms with E-state index in [4.69, 9.17) is 11.1 Å². The molecule has 1 unspecified atom stereocenters. The summed E-state index contributed by atoms with van der Waals surface area (Å²) in [6.45, 7) is 1.70. The van der Waals surface area contributed by atoms with Crippen LogP contribution in [0.4, 0.5) is 13.6 Å². The second-order valence-electron chi connectivity index (χ2n) is 10.4. The van der Waals surface area contributed by atoms with Crippen molar-refractivity contribution in [2.45, 2.75) is 36.6 Å². The van der Waals surface area contributed by atoms with Gasteiger partial charge in [0.15, 0.2) is 0 Å². The standard InChI is InChI=1S/C30H29F2N5O5S2/c1-15(24-10-17(14-44-24)26(33)42-29(34)41)36-28(40)23-11-18(43-2)13-37(23)25(38)12-35-27(39)16-7-8-22-20(9-16)19-5-3-4-6-21(19)30(22,31)32/h3-10,14-15,18,23,33H,11-13H2,1-2H3,(H2,34,41)(H,35,39)(H,36,40)/t15?,18-,23+/m1/s1. The molecule has 14 heteroatoms. The number of likely N-dealkylation sites (tertiary alicyclic amines) is 1. The smallest absolute Gasteiger partial charge is 0.391 e. The van der Waals surface area contributed by atoms with E-state index >= 15 is 0 Å². The van der Waals surface area contributed by atoms with Crippen molar-refractivity contribution in [3.8, 4) is 11.1 Å². The van der Waals surface area contributed by atoms with Gasteiger partial charge in [-0.1, -0.05) is 30.3 Å². The maximum Gasteiger partial charge on any atom is 0.411 e. The molecule has 4 amide bonds. The number of nitrogens with two attached hydrogens (primary N) is 1. The van der Waals surface area contributed by atoms with E-state index in [1.54, 1.807) is 36.6 Å². The molecule has 0 bridgehead atoms. The molecule has 5 N–H and O–H groups in total. The van der Waals surface area contributed by atoms with E-state index in [-0.39, 0.29) is 40.0 Å². The number of rotatable bonds is 8. The number of alkyl halides is 2. The number of primary amides is 1. The number of halogens is 2. The fraction of sp³-hybridized carbons (Fsp3) is 0.300. The lowest BCUT2D eigenvalue weighted by Gasteiger charge is -2.25. The van der Waals surface area contributed by atoms with Gasteiger partial charge in [-0.25, -0.2) is 4.79 Å². The van der Waals surface area contributed by atoms with Crippen molar-refractivity contribution < 1.29 is 32.7 Å². The number of thiophene rings is 1. The Labute approximate surface area is 259 Å². The SMILES string of the molecule is CS[C@@H]1C[C@@H](C(=O)NC(C)c2cc(C(=N)OC(N)=O)cs2)N(C(=O)CNC(=O)c2ccc3c(c2)-c2ccccc2C3(F)F)C1. The number of hydrogen-bond acceptors (Lipinski definition) is 8. The minimum atomic E-state index is -3.16. The summed E-state index contributed by atoms with van der Waals surface area (Å²) in [7, 11) is 0. The molecule has 0 spiro atoms. The molecule has 1 aliphatic carbocycles. The van der Waals surface area contributed by atoms with Crippen LogP contribution in [0.2, 0.25) is 0 Å². The van der Waals surface area contributed by atoms with E-state index in [1.165, 1.54) is 52.3 Å². The molecular weight excluding hydrogens is 612 g/mol. The Kier molecular flexibility index (Phi) is 8.75. The summed E-state index contributed by atoms with van der Waals surface area (Å²) in [5, 5.41) is 14.9. The molecule has 2 heterocycles. The Morgan fingerprint density at radius 2 is 1.86 bits per heavy atom. The highest BCUT2D eigenvalue weighted by Crippen LogP contribution is 2.50. The van der Waals surface area contributed by atoms with Crippen LogP contribution < -0.4 is 16.4 Å². The summed E-state index contributed by atoms with van der Waals surface area (Å²) >= 11 is 2.79. The second kappa shape index (κ2) is 12.4. The van der Waals surface area contributed by atoms with Crippen LogP contribution in [-0.2, 0) is 20.2 Å². The molecule has 3 aromatic rings. The molecule has 1 fully saturated rings. The van der Waals surface area contributed by atoms with Gasteiger partial charge in [0.2, 0.25) is 17.7 Å². The third-order valence-electron chi connectivity index (χ3n) is 7.66. The average Bonchev–Trinajstić information content (AvgIpc) is 3.72. The van der Waals surface area contributed by atoms with Gasteiger partial charge in [0, 0.05) is 44.3 Å². The molecule has 0 radical (unpaired) electrons. The number of hydrogen-bond donors (Lipinski definition) is 4.